The van der Waals surface area contributed by atoms with Gasteiger partial charge in [-0.3, -0.25) is 10.1 Å². The zero-order valence-electron chi connectivity index (χ0n) is 11.7. The highest BCUT2D eigenvalue weighted by Crippen LogP contribution is 2.32. The molecule has 1 aromatic carbocycles. The van der Waals surface area contributed by atoms with Crippen molar-refractivity contribution in [2.24, 2.45) is 0 Å². The van der Waals surface area contributed by atoms with Crippen LogP contribution in [0.15, 0.2) is 30.3 Å². The summed E-state index contributed by atoms with van der Waals surface area (Å²) >= 11 is 0. The standard InChI is InChI=1S/C14H19F3N2O/c1-13(2,3)19-11(20)9-18-12(14(15,16)17)10-7-5-4-6-8-10/h4-8,12,18H,9H2,1-3H3,(H,19,20). The van der Waals surface area contributed by atoms with Crippen molar-refractivity contribution < 1.29 is 18.0 Å². The van der Waals surface area contributed by atoms with E-state index >= 15 is 0 Å². The molecule has 0 aromatic heterocycles. The zero-order chi connectivity index (χ0) is 15.4. The van der Waals surface area contributed by atoms with Crippen molar-refractivity contribution in [3.05, 3.63) is 35.9 Å². The van der Waals surface area contributed by atoms with Crippen LogP contribution in [0, 0.1) is 0 Å². The molecule has 1 unspecified atom stereocenters. The van der Waals surface area contributed by atoms with Crippen molar-refractivity contribution >= 4 is 5.91 Å². The van der Waals surface area contributed by atoms with E-state index < -0.39 is 30.2 Å². The summed E-state index contributed by atoms with van der Waals surface area (Å²) < 4.78 is 39.0. The Bertz CT molecular complexity index is 438. The quantitative estimate of drug-likeness (QED) is 0.894. The highest BCUT2D eigenvalue weighted by atomic mass is 19.4. The first kappa shape index (κ1) is 16.5. The van der Waals surface area contributed by atoms with Crippen molar-refractivity contribution in [3.63, 3.8) is 0 Å². The molecular weight excluding hydrogens is 269 g/mol. The van der Waals surface area contributed by atoms with Gasteiger partial charge in [0.25, 0.3) is 0 Å². The van der Waals surface area contributed by atoms with E-state index in [1.165, 1.54) is 24.3 Å². The van der Waals surface area contributed by atoms with Gasteiger partial charge in [0.2, 0.25) is 5.91 Å². The molecule has 0 heterocycles. The predicted molar refractivity (Wildman–Crippen MR) is 71.1 cm³/mol. The van der Waals surface area contributed by atoms with E-state index in [4.69, 9.17) is 0 Å². The lowest BCUT2D eigenvalue weighted by Gasteiger charge is -2.24. The summed E-state index contributed by atoms with van der Waals surface area (Å²) in [6, 6.07) is 5.62. The van der Waals surface area contributed by atoms with Gasteiger partial charge in [-0.1, -0.05) is 30.3 Å². The van der Waals surface area contributed by atoms with Crippen LogP contribution < -0.4 is 10.6 Å². The van der Waals surface area contributed by atoms with Crippen LogP contribution in [-0.2, 0) is 4.79 Å². The first-order valence-corrected chi connectivity index (χ1v) is 6.25. The zero-order valence-corrected chi connectivity index (χ0v) is 11.7. The minimum absolute atomic E-state index is 0.0866. The highest BCUT2D eigenvalue weighted by molar-refractivity contribution is 5.78. The van der Waals surface area contributed by atoms with Gasteiger partial charge in [-0.2, -0.15) is 13.2 Å². The lowest BCUT2D eigenvalue weighted by atomic mass is 10.1. The van der Waals surface area contributed by atoms with Crippen LogP contribution >= 0.6 is 0 Å². The smallest absolute Gasteiger partial charge is 0.350 e. The van der Waals surface area contributed by atoms with Gasteiger partial charge < -0.3 is 5.32 Å². The first-order valence-electron chi connectivity index (χ1n) is 6.25. The van der Waals surface area contributed by atoms with E-state index in [0.29, 0.717) is 0 Å². The molecule has 0 aliphatic rings. The van der Waals surface area contributed by atoms with Gasteiger partial charge in [-0.25, -0.2) is 0 Å². The third-order valence-electron chi connectivity index (χ3n) is 2.44. The number of alkyl halides is 3. The van der Waals surface area contributed by atoms with Gasteiger partial charge >= 0.3 is 6.18 Å². The molecule has 0 radical (unpaired) electrons. The van der Waals surface area contributed by atoms with Gasteiger partial charge in [0, 0.05) is 5.54 Å². The van der Waals surface area contributed by atoms with E-state index in [0.717, 1.165) is 0 Å². The number of hydrogen-bond acceptors (Lipinski definition) is 2. The van der Waals surface area contributed by atoms with Gasteiger partial charge in [-0.05, 0) is 26.3 Å². The summed E-state index contributed by atoms with van der Waals surface area (Å²) in [5.74, 6) is -0.470. The SMILES string of the molecule is CC(C)(C)NC(=O)CNC(c1ccccc1)C(F)(F)F. The van der Waals surface area contributed by atoms with Crippen molar-refractivity contribution in [2.45, 2.75) is 38.5 Å². The minimum Gasteiger partial charge on any atom is -0.350 e. The second-order valence-electron chi connectivity index (χ2n) is 5.56. The molecule has 0 saturated carbocycles. The number of carbonyl (C=O) groups excluding carboxylic acids is 1. The maximum absolute atomic E-state index is 13.0. The Labute approximate surface area is 116 Å². The topological polar surface area (TPSA) is 41.1 Å². The van der Waals surface area contributed by atoms with Crippen molar-refractivity contribution in [2.75, 3.05) is 6.54 Å². The fourth-order valence-electron chi connectivity index (χ4n) is 1.73. The Morgan fingerprint density at radius 3 is 2.15 bits per heavy atom. The molecule has 6 heteroatoms. The van der Waals surface area contributed by atoms with Gasteiger partial charge in [0.05, 0.1) is 6.54 Å². The van der Waals surface area contributed by atoms with E-state index in [2.05, 4.69) is 10.6 Å². The molecule has 0 aliphatic carbocycles. The number of carbonyl (C=O) groups is 1. The summed E-state index contributed by atoms with van der Waals surface area (Å²) in [5, 5.41) is 4.87. The fourth-order valence-corrected chi connectivity index (χ4v) is 1.73. The molecule has 2 N–H and O–H groups in total. The molecule has 1 aromatic rings. The molecular formula is C14H19F3N2O. The van der Waals surface area contributed by atoms with Crippen LogP contribution in [0.1, 0.15) is 32.4 Å². The van der Waals surface area contributed by atoms with Crippen LogP contribution in [-0.4, -0.2) is 24.2 Å². The van der Waals surface area contributed by atoms with Crippen molar-refractivity contribution in [1.82, 2.24) is 10.6 Å². The van der Waals surface area contributed by atoms with E-state index in [9.17, 15) is 18.0 Å². The maximum atomic E-state index is 13.0. The lowest BCUT2D eigenvalue weighted by molar-refractivity contribution is -0.158. The van der Waals surface area contributed by atoms with Gasteiger partial charge in [0.15, 0.2) is 0 Å². The lowest BCUT2D eigenvalue weighted by Crippen LogP contribution is -2.47. The Hall–Kier alpha value is -1.56. The van der Waals surface area contributed by atoms with Crippen LogP contribution in [0.5, 0.6) is 0 Å². The molecule has 1 rings (SSSR count). The Kier molecular flexibility index (Phi) is 5.16. The van der Waals surface area contributed by atoms with Crippen LogP contribution in [0.4, 0.5) is 13.2 Å². The van der Waals surface area contributed by atoms with E-state index in [1.54, 1.807) is 26.8 Å². The number of hydrogen-bond donors (Lipinski definition) is 2. The van der Waals surface area contributed by atoms with Crippen LogP contribution in [0.3, 0.4) is 0 Å². The highest BCUT2D eigenvalue weighted by Gasteiger charge is 2.40. The largest absolute Gasteiger partial charge is 0.407 e. The van der Waals surface area contributed by atoms with Crippen molar-refractivity contribution in [1.29, 1.82) is 0 Å². The fraction of sp³-hybridized carbons (Fsp3) is 0.500. The first-order chi connectivity index (χ1) is 9.09. The Morgan fingerprint density at radius 1 is 1.15 bits per heavy atom. The Morgan fingerprint density at radius 2 is 1.70 bits per heavy atom. The molecule has 3 nitrogen and oxygen atoms in total. The van der Waals surface area contributed by atoms with Crippen LogP contribution in [0.2, 0.25) is 0 Å². The maximum Gasteiger partial charge on any atom is 0.407 e. The average Bonchev–Trinajstić information content (AvgIpc) is 2.26. The van der Waals surface area contributed by atoms with Crippen LogP contribution in [0.25, 0.3) is 0 Å². The summed E-state index contributed by atoms with van der Waals surface area (Å²) in [4.78, 5) is 11.6. The van der Waals surface area contributed by atoms with Gasteiger partial charge in [-0.15, -0.1) is 0 Å². The third-order valence-corrected chi connectivity index (χ3v) is 2.44. The number of rotatable bonds is 4. The minimum atomic E-state index is -4.45. The number of halogens is 3. The molecule has 112 valence electrons. The third kappa shape index (κ3) is 5.61. The number of amides is 1. The normalized spacial score (nSPS) is 13.9. The molecule has 0 aliphatic heterocycles. The molecule has 1 atom stereocenters. The van der Waals surface area contributed by atoms with E-state index in [1.807, 2.05) is 0 Å². The monoisotopic (exact) mass is 288 g/mol. The Balaban J connectivity index is 2.71. The average molecular weight is 288 g/mol. The molecule has 0 bridgehead atoms. The second-order valence-corrected chi connectivity index (χ2v) is 5.56. The van der Waals surface area contributed by atoms with Crippen molar-refractivity contribution in [3.8, 4) is 0 Å². The van der Waals surface area contributed by atoms with E-state index in [-0.39, 0.29) is 5.56 Å². The molecule has 1 amide bonds. The summed E-state index contributed by atoms with van der Waals surface area (Å²) in [7, 11) is 0. The number of benzene rings is 1. The summed E-state index contributed by atoms with van der Waals surface area (Å²) in [5.41, 5.74) is -0.386. The van der Waals surface area contributed by atoms with Gasteiger partial charge in [0.1, 0.15) is 6.04 Å². The molecule has 0 spiro atoms. The summed E-state index contributed by atoms with van der Waals surface area (Å²) in [6.07, 6.45) is -4.45. The summed E-state index contributed by atoms with van der Waals surface area (Å²) in [6.45, 7) is 4.91. The molecule has 20 heavy (non-hydrogen) atoms. The second kappa shape index (κ2) is 6.26. The number of nitrogens with one attached hydrogen (secondary N) is 2. The molecule has 0 saturated heterocycles. The molecule has 0 fully saturated rings. The predicted octanol–water partition coefficient (Wildman–Crippen LogP) is 2.79.